The van der Waals surface area contributed by atoms with Gasteiger partial charge in [0.15, 0.2) is 15.9 Å². The zero-order valence-electron chi connectivity index (χ0n) is 11.4. The number of anilines is 1. The average molecular weight is 305 g/mol. The molecule has 0 heterocycles. The first-order valence-corrected chi connectivity index (χ1v) is 8.12. The Kier molecular flexibility index (Phi) is 4.28. The van der Waals surface area contributed by atoms with Crippen molar-refractivity contribution in [3.05, 3.63) is 60.2 Å². The van der Waals surface area contributed by atoms with E-state index in [4.69, 9.17) is 0 Å². The third-order valence-corrected chi connectivity index (χ3v) is 4.12. The fraction of sp³-hybridized carbons (Fsp3) is 0.133. The standard InChI is InChI=1S/C15H15NO4S/c1-21(19,20)13-10-6-5-9-12(13)16-14(15(17)18)11-7-3-2-4-8-11/h2-10,14,16H,1H3,(H,17,18). The normalized spacial score (nSPS) is 12.6. The topological polar surface area (TPSA) is 83.5 Å². The third-order valence-electron chi connectivity index (χ3n) is 2.97. The highest BCUT2D eigenvalue weighted by atomic mass is 32.2. The highest BCUT2D eigenvalue weighted by Crippen LogP contribution is 2.26. The van der Waals surface area contributed by atoms with Crippen LogP contribution in [-0.4, -0.2) is 25.7 Å². The second-order valence-electron chi connectivity index (χ2n) is 4.59. The molecule has 21 heavy (non-hydrogen) atoms. The fourth-order valence-electron chi connectivity index (χ4n) is 2.00. The van der Waals surface area contributed by atoms with E-state index >= 15 is 0 Å². The van der Waals surface area contributed by atoms with Crippen LogP contribution >= 0.6 is 0 Å². The van der Waals surface area contributed by atoms with Crippen molar-refractivity contribution in [2.24, 2.45) is 0 Å². The second kappa shape index (κ2) is 5.97. The molecule has 0 saturated carbocycles. The lowest BCUT2D eigenvalue weighted by Gasteiger charge is -2.18. The Morgan fingerprint density at radius 3 is 2.19 bits per heavy atom. The van der Waals surface area contributed by atoms with Crippen LogP contribution in [0.1, 0.15) is 11.6 Å². The minimum atomic E-state index is -3.44. The molecule has 0 saturated heterocycles. The fourth-order valence-corrected chi connectivity index (χ4v) is 2.85. The molecule has 1 atom stereocenters. The van der Waals surface area contributed by atoms with Crippen LogP contribution in [0.15, 0.2) is 59.5 Å². The Morgan fingerprint density at radius 1 is 1.05 bits per heavy atom. The highest BCUT2D eigenvalue weighted by molar-refractivity contribution is 7.90. The molecular weight excluding hydrogens is 290 g/mol. The summed E-state index contributed by atoms with van der Waals surface area (Å²) in [7, 11) is -3.44. The van der Waals surface area contributed by atoms with Gasteiger partial charge in [-0.15, -0.1) is 0 Å². The van der Waals surface area contributed by atoms with Gasteiger partial charge in [-0.3, -0.25) is 0 Å². The maximum Gasteiger partial charge on any atom is 0.330 e. The van der Waals surface area contributed by atoms with Crippen LogP contribution < -0.4 is 5.32 Å². The Balaban J connectivity index is 2.42. The van der Waals surface area contributed by atoms with Crippen molar-refractivity contribution in [2.45, 2.75) is 10.9 Å². The van der Waals surface area contributed by atoms with E-state index in [1.807, 2.05) is 0 Å². The molecule has 2 rings (SSSR count). The van der Waals surface area contributed by atoms with Crippen LogP contribution in [0.4, 0.5) is 5.69 Å². The van der Waals surface area contributed by atoms with Gasteiger partial charge in [-0.25, -0.2) is 13.2 Å². The predicted molar refractivity (Wildman–Crippen MR) is 80.0 cm³/mol. The third kappa shape index (κ3) is 3.61. The molecule has 5 nitrogen and oxygen atoms in total. The van der Waals surface area contributed by atoms with E-state index in [0.29, 0.717) is 5.56 Å². The number of hydrogen-bond donors (Lipinski definition) is 2. The summed E-state index contributed by atoms with van der Waals surface area (Å²) in [6.07, 6.45) is 1.09. The zero-order chi connectivity index (χ0) is 15.5. The zero-order valence-corrected chi connectivity index (χ0v) is 12.2. The van der Waals surface area contributed by atoms with E-state index in [2.05, 4.69) is 5.32 Å². The summed E-state index contributed by atoms with van der Waals surface area (Å²) in [6, 6.07) is 13.8. The number of carbonyl (C=O) groups is 1. The molecule has 2 aromatic carbocycles. The molecule has 0 aliphatic heterocycles. The van der Waals surface area contributed by atoms with Crippen molar-refractivity contribution in [3.63, 3.8) is 0 Å². The van der Waals surface area contributed by atoms with Gasteiger partial charge in [0.2, 0.25) is 0 Å². The first kappa shape index (κ1) is 15.1. The number of sulfone groups is 1. The summed E-state index contributed by atoms with van der Waals surface area (Å²) in [5.74, 6) is -1.08. The summed E-state index contributed by atoms with van der Waals surface area (Å²) in [5, 5.41) is 12.2. The number of aliphatic carboxylic acids is 1. The molecule has 0 bridgehead atoms. The Bertz CT molecular complexity index is 741. The van der Waals surface area contributed by atoms with E-state index < -0.39 is 21.8 Å². The van der Waals surface area contributed by atoms with Crippen molar-refractivity contribution >= 4 is 21.5 Å². The second-order valence-corrected chi connectivity index (χ2v) is 6.58. The minimum Gasteiger partial charge on any atom is -0.479 e. The maximum atomic E-state index is 11.8. The molecule has 2 aromatic rings. The molecule has 0 spiro atoms. The lowest BCUT2D eigenvalue weighted by Crippen LogP contribution is -2.21. The number of rotatable bonds is 5. The molecule has 0 fully saturated rings. The van der Waals surface area contributed by atoms with Gasteiger partial charge in [-0.2, -0.15) is 0 Å². The van der Waals surface area contributed by atoms with Gasteiger partial charge in [0, 0.05) is 6.26 Å². The maximum absolute atomic E-state index is 11.8. The molecule has 6 heteroatoms. The number of hydrogen-bond acceptors (Lipinski definition) is 4. The van der Waals surface area contributed by atoms with Gasteiger partial charge in [0.05, 0.1) is 10.6 Å². The molecule has 0 aromatic heterocycles. The molecule has 0 aliphatic carbocycles. The number of nitrogens with one attached hydrogen (secondary N) is 1. The largest absolute Gasteiger partial charge is 0.479 e. The smallest absolute Gasteiger partial charge is 0.330 e. The van der Waals surface area contributed by atoms with Crippen molar-refractivity contribution in [1.29, 1.82) is 0 Å². The summed E-state index contributed by atoms with van der Waals surface area (Å²) < 4.78 is 23.5. The number of carboxylic acid groups (broad SMARTS) is 1. The monoisotopic (exact) mass is 305 g/mol. The molecule has 0 amide bonds. The molecule has 0 aliphatic rings. The average Bonchev–Trinajstić information content (AvgIpc) is 2.44. The number of para-hydroxylation sites is 1. The van der Waals surface area contributed by atoms with E-state index in [1.165, 1.54) is 6.07 Å². The van der Waals surface area contributed by atoms with Crippen LogP contribution in [0, 0.1) is 0 Å². The SMILES string of the molecule is CS(=O)(=O)c1ccccc1NC(C(=O)O)c1ccccc1. The van der Waals surface area contributed by atoms with Crippen molar-refractivity contribution in [3.8, 4) is 0 Å². The van der Waals surface area contributed by atoms with Crippen LogP contribution in [-0.2, 0) is 14.6 Å². The molecule has 2 N–H and O–H groups in total. The van der Waals surface area contributed by atoms with Crippen LogP contribution in [0.5, 0.6) is 0 Å². The summed E-state index contributed by atoms with van der Waals surface area (Å²) in [4.78, 5) is 11.5. The summed E-state index contributed by atoms with van der Waals surface area (Å²) >= 11 is 0. The van der Waals surface area contributed by atoms with E-state index in [9.17, 15) is 18.3 Å². The van der Waals surface area contributed by atoms with Crippen LogP contribution in [0.25, 0.3) is 0 Å². The molecule has 1 unspecified atom stereocenters. The van der Waals surface area contributed by atoms with Gasteiger partial charge in [0.1, 0.15) is 0 Å². The minimum absolute atomic E-state index is 0.0761. The Morgan fingerprint density at radius 2 is 1.62 bits per heavy atom. The molecule has 0 radical (unpaired) electrons. The lowest BCUT2D eigenvalue weighted by atomic mass is 10.1. The first-order chi connectivity index (χ1) is 9.89. The van der Waals surface area contributed by atoms with Crippen molar-refractivity contribution < 1.29 is 18.3 Å². The Labute approximate surface area is 123 Å². The quantitative estimate of drug-likeness (QED) is 0.885. The van der Waals surface area contributed by atoms with Crippen molar-refractivity contribution in [1.82, 2.24) is 0 Å². The van der Waals surface area contributed by atoms with Crippen LogP contribution in [0.3, 0.4) is 0 Å². The number of benzene rings is 2. The van der Waals surface area contributed by atoms with E-state index in [1.54, 1.807) is 48.5 Å². The number of carboxylic acids is 1. The van der Waals surface area contributed by atoms with Crippen molar-refractivity contribution in [2.75, 3.05) is 11.6 Å². The van der Waals surface area contributed by atoms with Crippen LogP contribution in [0.2, 0.25) is 0 Å². The Hall–Kier alpha value is -2.34. The predicted octanol–water partition coefficient (Wildman–Crippen LogP) is 2.33. The van der Waals surface area contributed by atoms with Gasteiger partial charge in [-0.05, 0) is 17.7 Å². The molecule has 110 valence electrons. The van der Waals surface area contributed by atoms with Gasteiger partial charge in [0.25, 0.3) is 0 Å². The summed E-state index contributed by atoms with van der Waals surface area (Å²) in [5.41, 5.74) is 0.824. The lowest BCUT2D eigenvalue weighted by molar-refractivity contribution is -0.138. The summed E-state index contributed by atoms with van der Waals surface area (Å²) in [6.45, 7) is 0. The van der Waals surface area contributed by atoms with Gasteiger partial charge >= 0.3 is 5.97 Å². The highest BCUT2D eigenvalue weighted by Gasteiger charge is 2.22. The van der Waals surface area contributed by atoms with Gasteiger partial charge < -0.3 is 10.4 Å². The van der Waals surface area contributed by atoms with Gasteiger partial charge in [-0.1, -0.05) is 42.5 Å². The molecular formula is C15H15NO4S. The van der Waals surface area contributed by atoms with E-state index in [-0.39, 0.29) is 10.6 Å². The van der Waals surface area contributed by atoms with E-state index in [0.717, 1.165) is 6.26 Å². The first-order valence-electron chi connectivity index (χ1n) is 6.23.